The molecule has 0 spiro atoms. The summed E-state index contributed by atoms with van der Waals surface area (Å²) in [7, 11) is 6.95. The fourth-order valence-corrected chi connectivity index (χ4v) is 3.36. The fourth-order valence-electron chi connectivity index (χ4n) is 1.63. The lowest BCUT2D eigenvalue weighted by molar-refractivity contribution is -0.0744. The zero-order valence-corrected chi connectivity index (χ0v) is 18.6. The van der Waals surface area contributed by atoms with Crippen LogP contribution >= 0.6 is 55.1 Å². The van der Waals surface area contributed by atoms with Crippen LogP contribution in [0.4, 0.5) is 0 Å². The third-order valence-corrected chi connectivity index (χ3v) is 4.36. The predicted molar refractivity (Wildman–Crippen MR) is 107 cm³/mol. The zero-order valence-electron chi connectivity index (χ0n) is 13.9. The average Bonchev–Trinajstić information content (AvgIpc) is 2.58. The van der Waals surface area contributed by atoms with Crippen LogP contribution in [0.25, 0.3) is 0 Å². The van der Waals surface area contributed by atoms with Gasteiger partial charge in [-0.2, -0.15) is 0 Å². The monoisotopic (exact) mass is 524 g/mol. The molecule has 2 rings (SSSR count). The van der Waals surface area contributed by atoms with Gasteiger partial charge in [0.05, 0.1) is 16.6 Å². The third kappa shape index (κ3) is 5.56. The number of rotatable bonds is 4. The molecule has 2 radical (unpaired) electrons. The maximum Gasteiger partial charge on any atom is 0.357 e. The third-order valence-electron chi connectivity index (χ3n) is 2.68. The number of aliphatic hydroxyl groups is 1. The Balaban J connectivity index is 0.00000163. The van der Waals surface area contributed by atoms with Crippen molar-refractivity contribution in [2.24, 2.45) is 0 Å². The quantitative estimate of drug-likeness (QED) is 0.360. The zero-order chi connectivity index (χ0) is 20.1. The van der Waals surface area contributed by atoms with E-state index in [4.69, 9.17) is 35.8 Å². The lowest BCUT2D eigenvalue weighted by Gasteiger charge is -2.26. The molecule has 0 aliphatic rings. The Bertz CT molecular complexity index is 809. The van der Waals surface area contributed by atoms with E-state index in [-0.39, 0.29) is 26.8 Å². The molecule has 0 aromatic carbocycles. The van der Waals surface area contributed by atoms with E-state index in [1.807, 2.05) is 13.8 Å². The van der Waals surface area contributed by atoms with Crippen molar-refractivity contribution in [2.75, 3.05) is 7.11 Å². The van der Waals surface area contributed by atoms with E-state index in [2.05, 4.69) is 46.6 Å². The van der Waals surface area contributed by atoms with Crippen LogP contribution in [-0.2, 0) is 10.4 Å². The SMILES string of the molecule is CC.[B]C(O)(Oc1nc(C(=O)OC)c(Br)cc1Cl)c1ncc(Cl)cc1Br. The number of methoxy groups -OCH3 is 1. The molecule has 1 atom stereocenters. The van der Waals surface area contributed by atoms with Crippen molar-refractivity contribution in [3.05, 3.63) is 48.7 Å². The Morgan fingerprint density at radius 2 is 1.88 bits per heavy atom. The lowest BCUT2D eigenvalue weighted by atomic mass is 9.91. The molecule has 2 aromatic heterocycles. The topological polar surface area (TPSA) is 81.5 Å². The van der Waals surface area contributed by atoms with Crippen LogP contribution in [0.1, 0.15) is 30.0 Å². The van der Waals surface area contributed by atoms with Crippen LogP contribution in [0.5, 0.6) is 5.88 Å². The summed E-state index contributed by atoms with van der Waals surface area (Å²) in [6.45, 7) is 4.00. The number of hydrogen-bond acceptors (Lipinski definition) is 6. The van der Waals surface area contributed by atoms with Crippen molar-refractivity contribution in [1.29, 1.82) is 0 Å². The maximum atomic E-state index is 11.7. The highest BCUT2D eigenvalue weighted by Gasteiger charge is 2.31. The van der Waals surface area contributed by atoms with Gasteiger partial charge < -0.3 is 14.6 Å². The van der Waals surface area contributed by atoms with Crippen molar-refractivity contribution < 1.29 is 19.4 Å². The van der Waals surface area contributed by atoms with Crippen LogP contribution in [-0.4, -0.2) is 36.0 Å². The highest BCUT2D eigenvalue weighted by molar-refractivity contribution is 9.10. The summed E-state index contributed by atoms with van der Waals surface area (Å²) in [5.41, 5.74) is -2.55. The van der Waals surface area contributed by atoms with Gasteiger partial charge in [0.2, 0.25) is 11.6 Å². The second-order valence-corrected chi connectivity index (χ2v) is 6.93. The van der Waals surface area contributed by atoms with E-state index < -0.39 is 11.7 Å². The summed E-state index contributed by atoms with van der Waals surface area (Å²) in [6, 6.07) is 2.83. The van der Waals surface area contributed by atoms with E-state index >= 15 is 0 Å². The smallest absolute Gasteiger partial charge is 0.357 e. The van der Waals surface area contributed by atoms with Gasteiger partial charge >= 0.3 is 5.97 Å². The Morgan fingerprint density at radius 1 is 1.27 bits per heavy atom. The number of hydrogen-bond donors (Lipinski definition) is 1. The van der Waals surface area contributed by atoms with Gasteiger partial charge in [0.1, 0.15) is 10.7 Å². The summed E-state index contributed by atoms with van der Waals surface area (Å²) < 4.78 is 10.5. The van der Waals surface area contributed by atoms with E-state index in [0.717, 1.165) is 0 Å². The van der Waals surface area contributed by atoms with Gasteiger partial charge in [-0.05, 0) is 44.0 Å². The van der Waals surface area contributed by atoms with Gasteiger partial charge in [0.15, 0.2) is 13.5 Å². The van der Waals surface area contributed by atoms with Crippen LogP contribution in [0.15, 0.2) is 27.3 Å². The minimum Gasteiger partial charge on any atom is -0.464 e. The standard InChI is InChI=1S/C13H7BBr2Cl2N2O4.C2H6/c1-23-12(21)9-6(15)3-8(18)11(20-9)24-13(14,22)10-7(16)2-5(17)4-19-10;1-2/h2-4,22H,1H3;1-2H3. The molecule has 0 saturated carbocycles. The molecule has 0 saturated heterocycles. The first-order valence-electron chi connectivity index (χ1n) is 7.12. The van der Waals surface area contributed by atoms with Gasteiger partial charge in [-0.3, -0.25) is 4.98 Å². The molecule has 0 aliphatic heterocycles. The number of pyridine rings is 2. The minimum atomic E-state index is -2.39. The molecule has 0 aliphatic carbocycles. The molecule has 0 bridgehead atoms. The Labute approximate surface area is 178 Å². The number of carbonyl (C=O) groups is 1. The first kappa shape index (κ1) is 23.2. The molecule has 0 fully saturated rings. The number of aromatic nitrogens is 2. The number of carbonyl (C=O) groups excluding carboxylic acids is 1. The molecular weight excluding hydrogens is 514 g/mol. The van der Waals surface area contributed by atoms with Gasteiger partial charge in [-0.15, -0.1) is 0 Å². The highest BCUT2D eigenvalue weighted by atomic mass is 79.9. The molecule has 138 valence electrons. The van der Waals surface area contributed by atoms with E-state index in [1.165, 1.54) is 25.4 Å². The van der Waals surface area contributed by atoms with Crippen LogP contribution in [0.2, 0.25) is 10.0 Å². The average molecular weight is 527 g/mol. The number of esters is 1. The molecule has 11 heteroatoms. The van der Waals surface area contributed by atoms with E-state index in [9.17, 15) is 9.90 Å². The Kier molecular flexibility index (Phi) is 8.82. The first-order chi connectivity index (χ1) is 12.2. The number of halogens is 4. The fraction of sp³-hybridized carbons (Fsp3) is 0.267. The van der Waals surface area contributed by atoms with Gasteiger partial charge in [0.25, 0.3) is 0 Å². The largest absolute Gasteiger partial charge is 0.464 e. The minimum absolute atomic E-state index is 0.00323. The summed E-state index contributed by atoms with van der Waals surface area (Å²) >= 11 is 18.1. The molecule has 1 unspecified atom stereocenters. The van der Waals surface area contributed by atoms with Crippen LogP contribution in [0.3, 0.4) is 0 Å². The van der Waals surface area contributed by atoms with Crippen molar-refractivity contribution in [3.63, 3.8) is 0 Å². The van der Waals surface area contributed by atoms with Crippen molar-refractivity contribution in [2.45, 2.75) is 19.5 Å². The second kappa shape index (κ2) is 9.89. The summed E-state index contributed by atoms with van der Waals surface area (Å²) in [5.74, 6) is -1.01. The Morgan fingerprint density at radius 3 is 2.42 bits per heavy atom. The van der Waals surface area contributed by atoms with Crippen molar-refractivity contribution >= 4 is 68.9 Å². The van der Waals surface area contributed by atoms with Gasteiger partial charge in [-0.25, -0.2) is 9.78 Å². The van der Waals surface area contributed by atoms with Crippen molar-refractivity contribution in [3.8, 4) is 5.88 Å². The Hall–Kier alpha value is -0.865. The molecular formula is C15H13BBr2Cl2N2O4. The summed E-state index contributed by atoms with van der Waals surface area (Å²) in [6.07, 6.45) is 1.28. The lowest BCUT2D eigenvalue weighted by Crippen LogP contribution is -2.35. The second-order valence-electron chi connectivity index (χ2n) is 4.38. The van der Waals surface area contributed by atoms with E-state index in [0.29, 0.717) is 9.50 Å². The van der Waals surface area contributed by atoms with Crippen molar-refractivity contribution in [1.82, 2.24) is 9.97 Å². The van der Waals surface area contributed by atoms with Crippen LogP contribution in [0, 0.1) is 0 Å². The van der Waals surface area contributed by atoms with Gasteiger partial charge in [0, 0.05) is 10.7 Å². The van der Waals surface area contributed by atoms with Gasteiger partial charge in [-0.1, -0.05) is 37.0 Å². The number of nitrogens with zero attached hydrogens (tertiary/aromatic N) is 2. The molecule has 2 aromatic rings. The predicted octanol–water partition coefficient (Wildman–Crippen LogP) is 4.47. The molecule has 6 nitrogen and oxygen atoms in total. The molecule has 26 heavy (non-hydrogen) atoms. The normalized spacial score (nSPS) is 12.5. The molecule has 0 amide bonds. The first-order valence-corrected chi connectivity index (χ1v) is 9.46. The summed E-state index contributed by atoms with van der Waals surface area (Å²) in [4.78, 5) is 19.5. The van der Waals surface area contributed by atoms with Crippen LogP contribution < -0.4 is 4.74 Å². The van der Waals surface area contributed by atoms with E-state index in [1.54, 1.807) is 0 Å². The summed E-state index contributed by atoms with van der Waals surface area (Å²) in [5, 5.41) is 10.7. The molecule has 1 N–H and O–H groups in total. The number of ether oxygens (including phenoxy) is 2. The highest BCUT2D eigenvalue weighted by Crippen LogP contribution is 2.34. The maximum absolute atomic E-state index is 11.7. The molecule has 2 heterocycles.